The van der Waals surface area contributed by atoms with Gasteiger partial charge in [0.2, 0.25) is 5.91 Å². The molecule has 10 nitrogen and oxygen atoms in total. The van der Waals surface area contributed by atoms with E-state index in [2.05, 4.69) is 31.4 Å². The molecule has 310 valence electrons. The molecule has 4 aliphatic rings. The molecular weight excluding hydrogens is 738 g/mol. The fourth-order valence-electron chi connectivity index (χ4n) is 9.68. The molecule has 0 radical (unpaired) electrons. The van der Waals surface area contributed by atoms with Crippen LogP contribution in [0.15, 0.2) is 66.7 Å². The summed E-state index contributed by atoms with van der Waals surface area (Å²) >= 11 is 0. The summed E-state index contributed by atoms with van der Waals surface area (Å²) in [6.07, 6.45) is -4.17. The van der Waals surface area contributed by atoms with Crippen LogP contribution in [0.4, 0.5) is 13.2 Å². The zero-order valence-electron chi connectivity index (χ0n) is 33.8. The van der Waals surface area contributed by atoms with Gasteiger partial charge in [-0.3, -0.25) is 14.4 Å². The van der Waals surface area contributed by atoms with Gasteiger partial charge in [0.15, 0.2) is 0 Å². The highest BCUT2D eigenvalue weighted by Crippen LogP contribution is 2.61. The third-order valence-electron chi connectivity index (χ3n) is 12.8. The van der Waals surface area contributed by atoms with Crippen LogP contribution in [0.2, 0.25) is 0 Å². The number of nitrogens with zero attached hydrogens (tertiary/aromatic N) is 2. The van der Waals surface area contributed by atoms with E-state index < -0.39 is 48.4 Å². The lowest BCUT2D eigenvalue weighted by molar-refractivity contribution is -0.183. The Bertz CT molecular complexity index is 1890. The minimum absolute atomic E-state index is 0.0503. The fourth-order valence-corrected chi connectivity index (χ4v) is 9.68. The molecule has 7 rings (SSSR count). The van der Waals surface area contributed by atoms with Crippen molar-refractivity contribution in [3.05, 3.63) is 89.0 Å². The number of fused-ring (bicyclic) bond motifs is 2. The number of halogens is 3. The van der Waals surface area contributed by atoms with Gasteiger partial charge in [0, 0.05) is 41.2 Å². The van der Waals surface area contributed by atoms with E-state index in [0.717, 1.165) is 30.5 Å². The monoisotopic (exact) mass is 794 g/mol. The topological polar surface area (TPSA) is 124 Å². The van der Waals surface area contributed by atoms with Crippen molar-refractivity contribution >= 4 is 11.8 Å². The number of rotatable bonds is 14. The number of aliphatic hydroxyl groups excluding tert-OH is 2. The van der Waals surface area contributed by atoms with Gasteiger partial charge in [-0.2, -0.15) is 18.2 Å². The molecule has 0 spiro atoms. The summed E-state index contributed by atoms with van der Waals surface area (Å²) in [5.74, 6) is -0.272. The number of hydroxylamine groups is 2. The van der Waals surface area contributed by atoms with Crippen molar-refractivity contribution in [2.75, 3.05) is 34.4 Å². The van der Waals surface area contributed by atoms with Gasteiger partial charge >= 0.3 is 6.18 Å². The molecule has 9 atom stereocenters. The first-order valence-corrected chi connectivity index (χ1v) is 19.8. The van der Waals surface area contributed by atoms with Crippen LogP contribution >= 0.6 is 0 Å². The first-order valence-electron chi connectivity index (χ1n) is 19.8. The molecule has 3 aromatic carbocycles. The van der Waals surface area contributed by atoms with Gasteiger partial charge in [-0.25, -0.2) is 0 Å². The highest BCUT2D eigenvalue weighted by atomic mass is 19.4. The van der Waals surface area contributed by atoms with Crippen molar-refractivity contribution in [2.45, 2.75) is 90.0 Å². The first-order chi connectivity index (χ1) is 26.9. The Morgan fingerprint density at radius 3 is 2.39 bits per heavy atom. The molecule has 3 saturated carbocycles. The zero-order valence-corrected chi connectivity index (χ0v) is 33.8. The predicted molar refractivity (Wildman–Crippen MR) is 211 cm³/mol. The summed E-state index contributed by atoms with van der Waals surface area (Å²) in [6.45, 7) is 8.28. The Labute approximate surface area is 333 Å². The Hall–Kier alpha value is -4.01. The number of alkyl halides is 3. The molecule has 13 heteroatoms. The second-order valence-electron chi connectivity index (χ2n) is 17.2. The SMILES string of the molecule is COc1c(CN2O[C@@H](CO)[C@@H]([C@H](C)O)[C@H]2C(=O)N[C@H]2C[C@H]3C[C@@H]([C@@H]2C)C3(C)C)cccc1-c1cc(C(=O)N[C@@H](Cc2ccccc2)CN(C)C)cc(C(F)(F)F)c1. The number of likely N-dealkylation sites (N-methyl/N-ethyl adjacent to an activating group) is 1. The second kappa shape index (κ2) is 17.1. The molecule has 3 aliphatic carbocycles. The molecule has 0 unspecified atom stereocenters. The highest BCUT2D eigenvalue weighted by molar-refractivity contribution is 5.96. The van der Waals surface area contributed by atoms with E-state index in [0.29, 0.717) is 35.9 Å². The molecule has 1 aliphatic heterocycles. The van der Waals surface area contributed by atoms with E-state index in [1.165, 1.54) is 18.2 Å². The molecule has 3 aromatic rings. The van der Waals surface area contributed by atoms with Gasteiger partial charge in [-0.05, 0) is 92.8 Å². The van der Waals surface area contributed by atoms with Crippen molar-refractivity contribution in [3.63, 3.8) is 0 Å². The minimum Gasteiger partial charge on any atom is -0.496 e. The molecular formula is C44H57F3N4O6. The van der Waals surface area contributed by atoms with Gasteiger partial charge in [-0.1, -0.05) is 69.3 Å². The number of ether oxygens (including phenoxy) is 1. The van der Waals surface area contributed by atoms with Crippen molar-refractivity contribution in [1.29, 1.82) is 0 Å². The van der Waals surface area contributed by atoms with Crippen molar-refractivity contribution in [3.8, 4) is 16.9 Å². The Balaban J connectivity index is 1.30. The highest BCUT2D eigenvalue weighted by Gasteiger charge is 2.57. The Kier molecular flexibility index (Phi) is 12.8. The fraction of sp³-hybridized carbons (Fsp3) is 0.545. The zero-order chi connectivity index (χ0) is 41.4. The lowest BCUT2D eigenvalue weighted by Crippen LogP contribution is -2.62. The van der Waals surface area contributed by atoms with E-state index in [4.69, 9.17) is 9.57 Å². The lowest BCUT2D eigenvalue weighted by Gasteiger charge is -2.62. The molecule has 2 bridgehead atoms. The molecule has 4 N–H and O–H groups in total. The van der Waals surface area contributed by atoms with E-state index in [-0.39, 0.29) is 52.7 Å². The maximum atomic E-state index is 14.5. The number of methoxy groups -OCH3 is 1. The third-order valence-corrected chi connectivity index (χ3v) is 12.8. The third kappa shape index (κ3) is 9.02. The quantitative estimate of drug-likeness (QED) is 0.158. The predicted octanol–water partition coefficient (Wildman–Crippen LogP) is 5.94. The van der Waals surface area contributed by atoms with Crippen LogP contribution in [0.1, 0.15) is 67.6 Å². The Morgan fingerprint density at radius 2 is 1.79 bits per heavy atom. The van der Waals surface area contributed by atoms with E-state index in [9.17, 15) is 33.0 Å². The minimum atomic E-state index is -4.76. The average molecular weight is 795 g/mol. The standard InChI is InChI=1S/C44H57F3N4O6/c1-25-35-20-31(43(35,3)4)21-36(25)49-42(55)39-38(26(2)53)37(24-52)57-51(39)22-28-14-11-15-34(40(28)56-7)29-17-30(19-32(18-29)44(45,46)47)41(54)48-33(23-50(5)6)16-27-12-9-8-10-13-27/h8-15,17-19,25-26,31,33,35-39,52-53H,16,20-24H2,1-7H3,(H,48,54)(H,49,55)/t25-,26-,31+,33-,35-,36-,37-,38+,39-/m0/s1. The maximum absolute atomic E-state index is 14.5. The van der Waals surface area contributed by atoms with Crippen LogP contribution in [-0.2, 0) is 28.8 Å². The maximum Gasteiger partial charge on any atom is 0.416 e. The molecule has 4 fully saturated rings. The average Bonchev–Trinajstić information content (AvgIpc) is 3.53. The van der Waals surface area contributed by atoms with Gasteiger partial charge in [0.25, 0.3) is 5.91 Å². The van der Waals surface area contributed by atoms with Crippen molar-refractivity contribution in [2.24, 2.45) is 29.1 Å². The van der Waals surface area contributed by atoms with Crippen molar-refractivity contribution < 1.29 is 42.5 Å². The summed E-state index contributed by atoms with van der Waals surface area (Å²) < 4.78 is 49.2. The number of benzene rings is 3. The van der Waals surface area contributed by atoms with Crippen molar-refractivity contribution in [1.82, 2.24) is 20.6 Å². The molecule has 2 amide bonds. The summed E-state index contributed by atoms with van der Waals surface area (Å²) in [7, 11) is 5.13. The number of para-hydroxylation sites is 1. The summed E-state index contributed by atoms with van der Waals surface area (Å²) in [5, 5.41) is 28.9. The molecule has 0 aromatic heterocycles. The second-order valence-corrected chi connectivity index (χ2v) is 17.2. The number of hydrogen-bond donors (Lipinski definition) is 4. The van der Waals surface area contributed by atoms with Crippen LogP contribution in [0.3, 0.4) is 0 Å². The van der Waals surface area contributed by atoms with E-state index >= 15 is 0 Å². The summed E-state index contributed by atoms with van der Waals surface area (Å²) in [4.78, 5) is 36.1. The number of carbonyl (C=O) groups excluding carboxylic acids is 2. The van der Waals surface area contributed by atoms with Crippen LogP contribution in [0, 0.1) is 29.1 Å². The number of nitrogens with one attached hydrogen (secondary N) is 2. The number of hydrogen-bond acceptors (Lipinski definition) is 8. The first kappa shape index (κ1) is 42.6. The van der Waals surface area contributed by atoms with Crippen LogP contribution in [0.5, 0.6) is 5.75 Å². The number of amides is 2. The number of aliphatic hydroxyl groups is 2. The largest absolute Gasteiger partial charge is 0.496 e. The Morgan fingerprint density at radius 1 is 1.07 bits per heavy atom. The molecule has 1 heterocycles. The molecule has 57 heavy (non-hydrogen) atoms. The van der Waals surface area contributed by atoms with Crippen LogP contribution in [-0.4, -0.2) is 96.7 Å². The van der Waals surface area contributed by atoms with Gasteiger partial charge in [-0.15, -0.1) is 0 Å². The lowest BCUT2D eigenvalue weighted by atomic mass is 9.45. The van der Waals surface area contributed by atoms with E-state index in [1.54, 1.807) is 25.1 Å². The normalized spacial score (nSPS) is 26.7. The smallest absolute Gasteiger partial charge is 0.416 e. The van der Waals surface area contributed by atoms with E-state index in [1.807, 2.05) is 49.3 Å². The molecule has 1 saturated heterocycles. The van der Waals surface area contributed by atoms with Crippen LogP contribution in [0.25, 0.3) is 11.1 Å². The van der Waals surface area contributed by atoms with Gasteiger partial charge in [0.1, 0.15) is 17.9 Å². The number of carbonyl (C=O) groups is 2. The summed E-state index contributed by atoms with van der Waals surface area (Å²) in [6, 6.07) is 16.4. The van der Waals surface area contributed by atoms with Gasteiger partial charge < -0.3 is 30.5 Å². The van der Waals surface area contributed by atoms with Crippen LogP contribution < -0.4 is 15.4 Å². The van der Waals surface area contributed by atoms with Gasteiger partial charge in [0.05, 0.1) is 31.9 Å². The summed E-state index contributed by atoms with van der Waals surface area (Å²) in [5.41, 5.74) is 0.943.